The van der Waals surface area contributed by atoms with E-state index in [1.807, 2.05) is 13.8 Å². The topological polar surface area (TPSA) is 101 Å². The quantitative estimate of drug-likeness (QED) is 0.880. The Morgan fingerprint density at radius 1 is 1.38 bits per heavy atom. The minimum absolute atomic E-state index is 0.124. The molecule has 2 aromatic heterocycles. The molecule has 1 atom stereocenters. The molecule has 0 saturated carbocycles. The van der Waals surface area contributed by atoms with Crippen molar-refractivity contribution in [3.05, 3.63) is 41.3 Å². The van der Waals surface area contributed by atoms with Gasteiger partial charge in [0.05, 0.1) is 42.1 Å². The van der Waals surface area contributed by atoms with Gasteiger partial charge in [-0.1, -0.05) is 19.0 Å². The van der Waals surface area contributed by atoms with Crippen LogP contribution in [0.3, 0.4) is 0 Å². The lowest BCUT2D eigenvalue weighted by molar-refractivity contribution is -0.119. The third-order valence-corrected chi connectivity index (χ3v) is 4.41. The summed E-state index contributed by atoms with van der Waals surface area (Å²) in [4.78, 5) is 34.5. The van der Waals surface area contributed by atoms with Gasteiger partial charge in [-0.15, -0.1) is 0 Å². The highest BCUT2D eigenvalue weighted by molar-refractivity contribution is 5.92. The van der Waals surface area contributed by atoms with Crippen LogP contribution in [0.15, 0.2) is 23.0 Å². The minimum atomic E-state index is -0.180. The number of nitrogens with one attached hydrogen (secondary N) is 1. The highest BCUT2D eigenvalue weighted by Crippen LogP contribution is 2.32. The van der Waals surface area contributed by atoms with Crippen LogP contribution in [0.5, 0.6) is 0 Å². The van der Waals surface area contributed by atoms with Crippen molar-refractivity contribution in [3.63, 3.8) is 0 Å². The van der Waals surface area contributed by atoms with Crippen LogP contribution in [0.25, 0.3) is 0 Å². The van der Waals surface area contributed by atoms with Gasteiger partial charge in [-0.2, -0.15) is 0 Å². The van der Waals surface area contributed by atoms with E-state index in [9.17, 15) is 9.59 Å². The molecule has 1 N–H and O–H groups in total. The summed E-state index contributed by atoms with van der Waals surface area (Å²) in [5.41, 5.74) is 2.15. The highest BCUT2D eigenvalue weighted by Gasteiger charge is 2.33. The Balaban J connectivity index is 1.78. The molecule has 0 spiro atoms. The molecular formula is C18H23N5O3. The van der Waals surface area contributed by atoms with Gasteiger partial charge in [-0.25, -0.2) is 0 Å². The molecule has 0 unspecified atom stereocenters. The Bertz CT molecular complexity index is 802. The van der Waals surface area contributed by atoms with E-state index in [4.69, 9.17) is 4.52 Å². The zero-order valence-electron chi connectivity index (χ0n) is 15.2. The average Bonchev–Trinajstić information content (AvgIpc) is 3.29. The number of hydrogen-bond donors (Lipinski definition) is 1. The molecule has 138 valence electrons. The number of amides is 2. The molecule has 0 radical (unpaired) electrons. The van der Waals surface area contributed by atoms with E-state index in [1.165, 1.54) is 6.92 Å². The fraction of sp³-hybridized carbons (Fsp3) is 0.500. The summed E-state index contributed by atoms with van der Waals surface area (Å²) in [5, 5.41) is 6.68. The van der Waals surface area contributed by atoms with Gasteiger partial charge in [0.2, 0.25) is 11.7 Å². The van der Waals surface area contributed by atoms with E-state index in [1.54, 1.807) is 23.4 Å². The number of likely N-dealkylation sites (tertiary alicyclic amines) is 1. The van der Waals surface area contributed by atoms with Gasteiger partial charge in [-0.05, 0) is 18.8 Å². The number of aromatic nitrogens is 3. The zero-order chi connectivity index (χ0) is 18.7. The summed E-state index contributed by atoms with van der Waals surface area (Å²) >= 11 is 0. The molecule has 1 fully saturated rings. The van der Waals surface area contributed by atoms with Crippen LogP contribution >= 0.6 is 0 Å². The summed E-state index contributed by atoms with van der Waals surface area (Å²) in [6, 6.07) is 1.56. The predicted octanol–water partition coefficient (Wildman–Crippen LogP) is 2.20. The normalized spacial score (nSPS) is 16.9. The van der Waals surface area contributed by atoms with Gasteiger partial charge < -0.3 is 14.7 Å². The second-order valence-electron chi connectivity index (χ2n) is 6.77. The zero-order valence-corrected chi connectivity index (χ0v) is 15.2. The molecule has 2 amide bonds. The molecule has 0 bridgehead atoms. The molecule has 3 rings (SSSR count). The van der Waals surface area contributed by atoms with E-state index in [-0.39, 0.29) is 29.5 Å². The Morgan fingerprint density at radius 3 is 2.88 bits per heavy atom. The summed E-state index contributed by atoms with van der Waals surface area (Å²) in [6.07, 6.45) is 4.99. The number of carbonyl (C=O) groups is 2. The van der Waals surface area contributed by atoms with E-state index >= 15 is 0 Å². The Hall–Kier alpha value is -2.77. The fourth-order valence-corrected chi connectivity index (χ4v) is 3.00. The largest absolute Gasteiger partial charge is 0.351 e. The summed E-state index contributed by atoms with van der Waals surface area (Å²) in [7, 11) is 0. The summed E-state index contributed by atoms with van der Waals surface area (Å²) in [6.45, 7) is 6.41. The first-order valence-corrected chi connectivity index (χ1v) is 8.78. The maximum atomic E-state index is 12.9. The van der Waals surface area contributed by atoms with Crippen molar-refractivity contribution in [2.45, 2.75) is 52.1 Å². The minimum Gasteiger partial charge on any atom is -0.351 e. The smallest absolute Gasteiger partial charge is 0.293 e. The van der Waals surface area contributed by atoms with Crippen molar-refractivity contribution in [1.29, 1.82) is 0 Å². The van der Waals surface area contributed by atoms with Gasteiger partial charge in [0, 0.05) is 19.5 Å². The molecule has 1 saturated heterocycles. The summed E-state index contributed by atoms with van der Waals surface area (Å²) in [5.74, 6) is 0.149. The molecule has 26 heavy (non-hydrogen) atoms. The van der Waals surface area contributed by atoms with Crippen molar-refractivity contribution >= 4 is 11.8 Å². The molecule has 2 aromatic rings. The van der Waals surface area contributed by atoms with Crippen LogP contribution in [0.4, 0.5) is 0 Å². The maximum absolute atomic E-state index is 12.9. The summed E-state index contributed by atoms with van der Waals surface area (Å²) < 4.78 is 5.25. The first-order valence-electron chi connectivity index (χ1n) is 8.78. The second kappa shape index (κ2) is 7.63. The van der Waals surface area contributed by atoms with Crippen LogP contribution in [0.1, 0.15) is 73.2 Å². The molecule has 0 aliphatic carbocycles. The number of hydrogen-bond acceptors (Lipinski definition) is 6. The van der Waals surface area contributed by atoms with Crippen molar-refractivity contribution in [2.75, 3.05) is 6.54 Å². The second-order valence-corrected chi connectivity index (χ2v) is 6.77. The van der Waals surface area contributed by atoms with Gasteiger partial charge in [-0.3, -0.25) is 19.6 Å². The lowest BCUT2D eigenvalue weighted by Crippen LogP contribution is -2.31. The van der Waals surface area contributed by atoms with E-state index < -0.39 is 0 Å². The number of nitrogens with zero attached hydrogens (tertiary/aromatic N) is 4. The SMILES string of the molecule is CC(=O)NCc1cncc([C@@H]2CCCN2C(=O)c2cc(C(C)C)no2)n1. The van der Waals surface area contributed by atoms with E-state index in [2.05, 4.69) is 20.4 Å². The van der Waals surface area contributed by atoms with E-state index in [0.29, 0.717) is 18.8 Å². The van der Waals surface area contributed by atoms with Crippen molar-refractivity contribution in [1.82, 2.24) is 25.3 Å². The maximum Gasteiger partial charge on any atom is 0.293 e. The van der Waals surface area contributed by atoms with Gasteiger partial charge in [0.15, 0.2) is 0 Å². The van der Waals surface area contributed by atoms with Crippen molar-refractivity contribution < 1.29 is 14.1 Å². The molecule has 8 heteroatoms. The Morgan fingerprint density at radius 2 is 2.19 bits per heavy atom. The van der Waals surface area contributed by atoms with Crippen LogP contribution in [0.2, 0.25) is 0 Å². The molecular weight excluding hydrogens is 334 g/mol. The van der Waals surface area contributed by atoms with Crippen LogP contribution in [0, 0.1) is 0 Å². The third kappa shape index (κ3) is 3.89. The number of rotatable bonds is 5. The monoisotopic (exact) mass is 357 g/mol. The van der Waals surface area contributed by atoms with Crippen LogP contribution in [-0.2, 0) is 11.3 Å². The first kappa shape index (κ1) is 18.0. The van der Waals surface area contributed by atoms with Crippen LogP contribution < -0.4 is 5.32 Å². The lowest BCUT2D eigenvalue weighted by atomic mass is 10.1. The third-order valence-electron chi connectivity index (χ3n) is 4.41. The molecule has 1 aliphatic rings. The fourth-order valence-electron chi connectivity index (χ4n) is 3.00. The highest BCUT2D eigenvalue weighted by atomic mass is 16.5. The van der Waals surface area contributed by atoms with Gasteiger partial charge >= 0.3 is 0 Å². The Kier molecular flexibility index (Phi) is 5.29. The average molecular weight is 357 g/mol. The van der Waals surface area contributed by atoms with E-state index in [0.717, 1.165) is 24.2 Å². The van der Waals surface area contributed by atoms with Crippen molar-refractivity contribution in [3.8, 4) is 0 Å². The first-order chi connectivity index (χ1) is 12.5. The van der Waals surface area contributed by atoms with Crippen molar-refractivity contribution in [2.24, 2.45) is 0 Å². The molecule has 3 heterocycles. The lowest BCUT2D eigenvalue weighted by Gasteiger charge is -2.23. The standard InChI is InChI=1S/C18H23N5O3/c1-11(2)14-7-17(26-22-14)18(25)23-6-4-5-16(23)15-10-19-8-13(21-15)9-20-12(3)24/h7-8,10-11,16H,4-6,9H2,1-3H3,(H,20,24)/t16-/m0/s1. The predicted molar refractivity (Wildman–Crippen MR) is 93.2 cm³/mol. The van der Waals surface area contributed by atoms with Crippen LogP contribution in [-0.4, -0.2) is 38.4 Å². The van der Waals surface area contributed by atoms with Gasteiger partial charge in [0.25, 0.3) is 5.91 Å². The molecule has 0 aromatic carbocycles. The molecule has 8 nitrogen and oxygen atoms in total. The Labute approximate surface area is 152 Å². The molecule has 1 aliphatic heterocycles. The number of carbonyl (C=O) groups excluding carboxylic acids is 2. The van der Waals surface area contributed by atoms with Gasteiger partial charge in [0.1, 0.15) is 0 Å².